The lowest BCUT2D eigenvalue weighted by atomic mass is 9.79. The number of aromatic nitrogens is 8. The van der Waals surface area contributed by atoms with Crippen LogP contribution in [0, 0.1) is 10.8 Å². The van der Waals surface area contributed by atoms with Crippen molar-refractivity contribution < 1.29 is 50.6 Å². The second-order valence-corrected chi connectivity index (χ2v) is 23.3. The second kappa shape index (κ2) is 10.8. The fourth-order valence-electron chi connectivity index (χ4n) is 8.58. The Balaban J connectivity index is 1.12. The second-order valence-electron chi connectivity index (χ2n) is 15.8. The van der Waals surface area contributed by atoms with E-state index in [1.165, 1.54) is 17.2 Å². The maximum absolute atomic E-state index is 16.3. The molecule has 286 valence electrons. The number of halogens is 1. The lowest BCUT2D eigenvalue weighted by Crippen LogP contribution is -2.59. The molecule has 4 unspecified atom stereocenters. The Kier molecular flexibility index (Phi) is 7.20. The molecule has 5 fully saturated rings. The van der Waals surface area contributed by atoms with Crippen LogP contribution in [0.4, 0.5) is 16.2 Å². The maximum atomic E-state index is 16.3. The summed E-state index contributed by atoms with van der Waals surface area (Å²) in [6, 6.07) is -0.836. The zero-order valence-corrected chi connectivity index (χ0v) is 31.7. The van der Waals surface area contributed by atoms with Crippen molar-refractivity contribution in [2.45, 2.75) is 87.7 Å². The maximum Gasteiger partial charge on any atom is 0.473 e. The Bertz CT molecular complexity index is 2370. The van der Waals surface area contributed by atoms with Crippen molar-refractivity contribution in [2.75, 3.05) is 24.7 Å². The van der Waals surface area contributed by atoms with Gasteiger partial charge in [0.15, 0.2) is 43.3 Å². The topological polar surface area (TPSA) is 289 Å². The first kappa shape index (κ1) is 35.5. The van der Waals surface area contributed by atoms with Gasteiger partial charge >= 0.3 is 15.6 Å². The number of nitrogens with one attached hydrogen (secondary N) is 1. The monoisotopic (exact) mass is 798 g/mol. The predicted molar refractivity (Wildman–Crippen MR) is 182 cm³/mol. The minimum atomic E-state index is -5.10. The fraction of sp³-hybridized carbons (Fsp3) is 0.643. The smallest absolute Gasteiger partial charge is 0.410 e. The molecule has 7 N–H and O–H groups in total. The number of ether oxygens (including phenoxy) is 1. The zero-order chi connectivity index (χ0) is 37.9. The fourth-order valence-corrected chi connectivity index (χ4v) is 12.1. The minimum Gasteiger partial charge on any atom is -0.410 e. The molecule has 4 aromatic rings. The quantitative estimate of drug-likeness (QED) is 0.146. The van der Waals surface area contributed by atoms with Gasteiger partial charge in [-0.05, 0) is 24.6 Å². The Labute approximate surface area is 299 Å². The van der Waals surface area contributed by atoms with Crippen LogP contribution >= 0.6 is 15.6 Å². The molecular formula is C28H37FN10O11P2Si. The number of fused-ring (bicyclic) bond motifs is 3. The number of nitrogens with two attached hydrogens (primary N) is 2. The molecule has 3 saturated carbocycles. The molecule has 3 aliphatic carbocycles. The van der Waals surface area contributed by atoms with Crippen LogP contribution in [-0.2, 0) is 36.4 Å². The van der Waals surface area contributed by atoms with Gasteiger partial charge < -0.3 is 35.0 Å². The third kappa shape index (κ3) is 4.70. The van der Waals surface area contributed by atoms with Crippen LogP contribution in [0.1, 0.15) is 39.5 Å². The molecule has 11 atom stereocenters. The Morgan fingerprint density at radius 3 is 2.51 bits per heavy atom. The third-order valence-electron chi connectivity index (χ3n) is 12.0. The van der Waals surface area contributed by atoms with Crippen molar-refractivity contribution in [3.05, 3.63) is 29.3 Å². The summed E-state index contributed by atoms with van der Waals surface area (Å²) in [5, 5.41) is -0.351. The molecule has 2 saturated heterocycles. The number of phosphoric ester groups is 2. The van der Waals surface area contributed by atoms with Crippen LogP contribution in [0.25, 0.3) is 22.3 Å². The van der Waals surface area contributed by atoms with Gasteiger partial charge in [-0.1, -0.05) is 20.8 Å². The van der Waals surface area contributed by atoms with Crippen molar-refractivity contribution in [2.24, 2.45) is 10.8 Å². The summed E-state index contributed by atoms with van der Waals surface area (Å²) >= 11 is 0. The van der Waals surface area contributed by atoms with E-state index in [0.29, 0.717) is 0 Å². The highest BCUT2D eigenvalue weighted by atomic mass is 31.2. The van der Waals surface area contributed by atoms with Crippen molar-refractivity contribution >= 4 is 58.1 Å². The molecule has 9 rings (SSSR count). The number of imidazole rings is 2. The van der Waals surface area contributed by atoms with Crippen LogP contribution in [-0.4, -0.2) is 100 Å². The average molecular weight is 799 g/mol. The molecular weight excluding hydrogens is 761 g/mol. The Hall–Kier alpha value is -3.21. The van der Waals surface area contributed by atoms with E-state index in [2.05, 4.69) is 29.9 Å². The molecule has 0 aromatic carbocycles. The molecule has 21 nitrogen and oxygen atoms in total. The van der Waals surface area contributed by atoms with Gasteiger partial charge in [-0.2, -0.15) is 4.98 Å². The van der Waals surface area contributed by atoms with E-state index >= 15 is 4.39 Å². The molecule has 2 bridgehead atoms. The highest BCUT2D eigenvalue weighted by Crippen LogP contribution is 3.03. The highest BCUT2D eigenvalue weighted by molar-refractivity contribution is 7.47. The van der Waals surface area contributed by atoms with E-state index in [4.69, 9.17) is 38.7 Å². The van der Waals surface area contributed by atoms with Crippen molar-refractivity contribution in [3.63, 3.8) is 0 Å². The van der Waals surface area contributed by atoms with Gasteiger partial charge in [-0.3, -0.25) is 32.4 Å². The summed E-state index contributed by atoms with van der Waals surface area (Å²) in [6.45, 7) is 8.71. The van der Waals surface area contributed by atoms with E-state index < -0.39 is 95.9 Å². The number of nitrogens with zero attached hydrogens (tertiary/aromatic N) is 7. The first-order valence-corrected chi connectivity index (χ1v) is 22.6. The first-order chi connectivity index (χ1) is 24.7. The Morgan fingerprint density at radius 1 is 1.06 bits per heavy atom. The summed E-state index contributed by atoms with van der Waals surface area (Å²) in [4.78, 5) is 58.3. The number of hydrogen-bond donors (Lipinski definition) is 5. The molecule has 2 aliphatic heterocycles. The molecule has 6 heterocycles. The first-order valence-electron chi connectivity index (χ1n) is 16.7. The number of hydrogen-bond acceptors (Lipinski definition) is 16. The van der Waals surface area contributed by atoms with Gasteiger partial charge in [-0.25, -0.2) is 33.5 Å². The molecule has 4 aromatic heterocycles. The number of nitrogen functional groups attached to an aromatic ring is 2. The summed E-state index contributed by atoms with van der Waals surface area (Å²) in [6.07, 6.45) is -4.13. The summed E-state index contributed by atoms with van der Waals surface area (Å²) in [5.41, 5.74) is 7.81. The van der Waals surface area contributed by atoms with Crippen molar-refractivity contribution in [3.8, 4) is 0 Å². The van der Waals surface area contributed by atoms with E-state index in [1.54, 1.807) is 4.57 Å². The van der Waals surface area contributed by atoms with Gasteiger partial charge in [-0.15, -0.1) is 0 Å². The number of rotatable bonds is 4. The van der Waals surface area contributed by atoms with Crippen LogP contribution < -0.4 is 17.0 Å². The number of phosphoric acid groups is 2. The van der Waals surface area contributed by atoms with Crippen LogP contribution in [0.2, 0.25) is 18.1 Å². The number of anilines is 2. The molecule has 3 spiro atoms. The standard InChI is InChI=1S/C28H37FN10O11P2Si/c1-25(2,3)53(4,5)49-23-26-7-27(26)22(39-11-35-15-19(39)36-24(31)37-20(15)40)28(23,27)50-52(43,44)45-6-12-16(48-51(41,42)46-8-26)13(29)21(47-12)38-10-34-14-17(30)32-9-33-18(14)38/h9-13,16,21-23H,6-8H2,1-5H3,(H,41,42)(H,43,44)(H2,30,32,33)(H3,31,36,37,40)/t12-,13-,16-,21-,22-,23?,26?,27-,28-/m1/s1. The largest absolute Gasteiger partial charge is 0.473 e. The molecule has 0 amide bonds. The summed E-state index contributed by atoms with van der Waals surface area (Å²) in [7, 11) is -12.9. The van der Waals surface area contributed by atoms with E-state index in [1.807, 2.05) is 33.9 Å². The molecule has 0 radical (unpaired) electrons. The molecule has 25 heteroatoms. The van der Waals surface area contributed by atoms with Crippen LogP contribution in [0.5, 0.6) is 0 Å². The zero-order valence-electron chi connectivity index (χ0n) is 28.9. The summed E-state index contributed by atoms with van der Waals surface area (Å²) < 4.78 is 82.5. The van der Waals surface area contributed by atoms with Gasteiger partial charge in [0, 0.05) is 10.8 Å². The predicted octanol–water partition coefficient (Wildman–Crippen LogP) is 2.08. The van der Waals surface area contributed by atoms with Gasteiger partial charge in [0.05, 0.1) is 38.0 Å². The number of alkyl halides is 1. The van der Waals surface area contributed by atoms with Crippen molar-refractivity contribution in [1.29, 1.82) is 0 Å². The third-order valence-corrected chi connectivity index (χ3v) is 18.4. The van der Waals surface area contributed by atoms with Crippen LogP contribution in [0.15, 0.2) is 23.8 Å². The van der Waals surface area contributed by atoms with Crippen molar-refractivity contribution in [1.82, 2.24) is 39.0 Å². The van der Waals surface area contributed by atoms with E-state index in [9.17, 15) is 23.7 Å². The SMILES string of the molecule is CC(C)(C)[Si](C)(C)OC1C23COP(=O)(O)O[C@H]4[C@@H](F)[C@H](n5cnc6c(N)ncnc65)O[C@@H]4COP(=O)(O)O[C@]14[C@H](n1cnc5c(=O)[nH]c(N)nc51)[C@]24C3. The van der Waals surface area contributed by atoms with Gasteiger partial charge in [0.1, 0.15) is 29.7 Å². The van der Waals surface area contributed by atoms with Crippen LogP contribution in [0.3, 0.4) is 0 Å². The molecule has 5 aliphatic rings. The normalized spacial score (nSPS) is 41.1. The lowest BCUT2D eigenvalue weighted by Gasteiger charge is -2.49. The van der Waals surface area contributed by atoms with E-state index in [0.717, 1.165) is 6.33 Å². The Morgan fingerprint density at radius 2 is 1.77 bits per heavy atom. The minimum absolute atomic E-state index is 0.0216. The molecule has 53 heavy (non-hydrogen) atoms. The number of H-pyrrole nitrogens is 1. The van der Waals surface area contributed by atoms with E-state index in [-0.39, 0.29) is 45.6 Å². The van der Waals surface area contributed by atoms with Gasteiger partial charge in [0.25, 0.3) is 5.56 Å². The van der Waals surface area contributed by atoms with Gasteiger partial charge in [0.2, 0.25) is 5.95 Å². The lowest BCUT2D eigenvalue weighted by molar-refractivity contribution is -0.120. The highest BCUT2D eigenvalue weighted by Gasteiger charge is 3.10. The number of aromatic amines is 1. The average Bonchev–Trinajstić information content (AvgIpc) is 3.39. The summed E-state index contributed by atoms with van der Waals surface area (Å²) in [5.74, 6) is -0.163.